The summed E-state index contributed by atoms with van der Waals surface area (Å²) in [5, 5.41) is 2.92. The van der Waals surface area contributed by atoms with Gasteiger partial charge in [0.25, 0.3) is 5.91 Å². The fraction of sp³-hybridized carbons (Fsp3) is 0.188. The first-order valence-electron chi connectivity index (χ1n) is 6.32. The van der Waals surface area contributed by atoms with Crippen LogP contribution in [0, 0.1) is 20.8 Å². The van der Waals surface area contributed by atoms with Crippen molar-refractivity contribution in [2.24, 2.45) is 0 Å². The molecule has 0 heterocycles. The van der Waals surface area contributed by atoms with Gasteiger partial charge >= 0.3 is 0 Å². The first kappa shape index (κ1) is 14.6. The minimum absolute atomic E-state index is 0.199. The maximum Gasteiger partial charge on any atom is 0.257 e. The third-order valence-corrected chi connectivity index (χ3v) is 3.75. The van der Waals surface area contributed by atoms with Gasteiger partial charge in [-0.05, 0) is 71.6 Å². The highest BCUT2D eigenvalue weighted by molar-refractivity contribution is 9.10. The second-order valence-electron chi connectivity index (χ2n) is 4.98. The quantitative estimate of drug-likeness (QED) is 0.809. The molecule has 0 spiro atoms. The number of anilines is 2. The van der Waals surface area contributed by atoms with Gasteiger partial charge in [-0.3, -0.25) is 4.79 Å². The predicted molar refractivity (Wildman–Crippen MR) is 87.2 cm³/mol. The molecule has 2 aromatic rings. The Morgan fingerprint density at radius 1 is 1.10 bits per heavy atom. The Kier molecular flexibility index (Phi) is 4.14. The average molecular weight is 333 g/mol. The van der Waals surface area contributed by atoms with Crippen molar-refractivity contribution in [1.29, 1.82) is 0 Å². The van der Waals surface area contributed by atoms with Crippen molar-refractivity contribution in [1.82, 2.24) is 0 Å². The van der Waals surface area contributed by atoms with E-state index < -0.39 is 0 Å². The van der Waals surface area contributed by atoms with Gasteiger partial charge in [-0.1, -0.05) is 12.1 Å². The lowest BCUT2D eigenvalue weighted by Crippen LogP contribution is -2.15. The van der Waals surface area contributed by atoms with Gasteiger partial charge < -0.3 is 11.1 Å². The Labute approximate surface area is 127 Å². The highest BCUT2D eigenvalue weighted by Gasteiger charge is 2.13. The molecule has 0 unspecified atom stereocenters. The van der Waals surface area contributed by atoms with E-state index >= 15 is 0 Å². The Morgan fingerprint density at radius 3 is 2.40 bits per heavy atom. The maximum atomic E-state index is 12.3. The Morgan fingerprint density at radius 2 is 1.80 bits per heavy atom. The van der Waals surface area contributed by atoms with Crippen LogP contribution >= 0.6 is 15.9 Å². The zero-order valence-corrected chi connectivity index (χ0v) is 13.3. The minimum Gasteiger partial charge on any atom is -0.398 e. The molecule has 0 aliphatic heterocycles. The number of nitrogens with two attached hydrogens (primary N) is 1. The summed E-state index contributed by atoms with van der Waals surface area (Å²) in [5.41, 5.74) is 10.8. The Balaban J connectivity index is 2.33. The van der Waals surface area contributed by atoms with Gasteiger partial charge in [0.2, 0.25) is 0 Å². The van der Waals surface area contributed by atoms with Crippen LogP contribution in [-0.4, -0.2) is 5.91 Å². The third kappa shape index (κ3) is 3.02. The van der Waals surface area contributed by atoms with Gasteiger partial charge in [-0.15, -0.1) is 0 Å². The fourth-order valence-corrected chi connectivity index (χ4v) is 2.92. The number of halogens is 1. The molecule has 0 saturated carbocycles. The van der Waals surface area contributed by atoms with Crippen molar-refractivity contribution in [2.75, 3.05) is 11.1 Å². The fourth-order valence-electron chi connectivity index (χ4n) is 2.14. The molecule has 3 nitrogen and oxygen atoms in total. The number of rotatable bonds is 2. The highest BCUT2D eigenvalue weighted by atomic mass is 79.9. The van der Waals surface area contributed by atoms with Gasteiger partial charge in [0.05, 0.1) is 11.3 Å². The number of carbonyl (C=O) groups is 1. The van der Waals surface area contributed by atoms with Gasteiger partial charge in [0.1, 0.15) is 0 Å². The van der Waals surface area contributed by atoms with Gasteiger partial charge in [0, 0.05) is 10.2 Å². The van der Waals surface area contributed by atoms with Crippen LogP contribution in [0.25, 0.3) is 0 Å². The predicted octanol–water partition coefficient (Wildman–Crippen LogP) is 4.21. The van der Waals surface area contributed by atoms with Crippen molar-refractivity contribution in [3.63, 3.8) is 0 Å². The van der Waals surface area contributed by atoms with Crippen LogP contribution in [0.4, 0.5) is 11.4 Å². The molecular formula is C16H17BrN2O. The number of hydrogen-bond donors (Lipinski definition) is 2. The maximum absolute atomic E-state index is 12.3. The smallest absolute Gasteiger partial charge is 0.257 e. The molecular weight excluding hydrogens is 316 g/mol. The lowest BCUT2D eigenvalue weighted by atomic mass is 10.1. The molecule has 0 radical (unpaired) electrons. The second kappa shape index (κ2) is 5.67. The number of aryl methyl sites for hydroxylation is 3. The standard InChI is InChI=1S/C16H17BrN2O/c1-9-4-5-12(14(18)8-9)16(20)19-15-11(3)6-10(2)7-13(15)17/h4-8H,18H2,1-3H3,(H,19,20). The monoisotopic (exact) mass is 332 g/mol. The van der Waals surface area contributed by atoms with E-state index in [1.54, 1.807) is 12.1 Å². The normalized spacial score (nSPS) is 10.4. The van der Waals surface area contributed by atoms with Gasteiger partial charge in [-0.2, -0.15) is 0 Å². The SMILES string of the molecule is Cc1ccc(C(=O)Nc2c(C)cc(C)cc2Br)c(N)c1. The van der Waals surface area contributed by atoms with Gasteiger partial charge in [0.15, 0.2) is 0 Å². The number of carbonyl (C=O) groups excluding carboxylic acids is 1. The van der Waals surface area contributed by atoms with Crippen LogP contribution in [0.1, 0.15) is 27.0 Å². The Bertz CT molecular complexity index is 657. The zero-order valence-electron chi connectivity index (χ0n) is 11.8. The number of amides is 1. The van der Waals surface area contributed by atoms with E-state index in [4.69, 9.17) is 5.73 Å². The molecule has 0 saturated heterocycles. The number of hydrogen-bond acceptors (Lipinski definition) is 2. The summed E-state index contributed by atoms with van der Waals surface area (Å²) in [6, 6.07) is 9.42. The van der Waals surface area contributed by atoms with Crippen LogP contribution < -0.4 is 11.1 Å². The van der Waals surface area contributed by atoms with Crippen molar-refractivity contribution in [3.05, 3.63) is 57.1 Å². The highest BCUT2D eigenvalue weighted by Crippen LogP contribution is 2.28. The van der Waals surface area contributed by atoms with Crippen molar-refractivity contribution < 1.29 is 4.79 Å². The number of nitrogen functional groups attached to an aromatic ring is 1. The van der Waals surface area contributed by atoms with Crippen molar-refractivity contribution in [2.45, 2.75) is 20.8 Å². The summed E-state index contributed by atoms with van der Waals surface area (Å²) in [5.74, 6) is -0.199. The molecule has 0 aliphatic rings. The van der Waals surface area contributed by atoms with Crippen LogP contribution in [0.5, 0.6) is 0 Å². The molecule has 3 N–H and O–H groups in total. The van der Waals surface area contributed by atoms with E-state index in [1.165, 1.54) is 0 Å². The van der Waals surface area contributed by atoms with E-state index in [9.17, 15) is 4.79 Å². The molecule has 2 aromatic carbocycles. The first-order valence-corrected chi connectivity index (χ1v) is 7.12. The number of benzene rings is 2. The molecule has 20 heavy (non-hydrogen) atoms. The van der Waals surface area contributed by atoms with E-state index in [0.717, 1.165) is 26.9 Å². The van der Waals surface area contributed by atoms with E-state index in [0.29, 0.717) is 11.3 Å². The van der Waals surface area contributed by atoms with Crippen molar-refractivity contribution in [3.8, 4) is 0 Å². The molecule has 0 fully saturated rings. The van der Waals surface area contributed by atoms with Crippen molar-refractivity contribution >= 4 is 33.2 Å². The summed E-state index contributed by atoms with van der Waals surface area (Å²) in [6.45, 7) is 5.92. The molecule has 2 rings (SSSR count). The molecule has 0 atom stereocenters. The topological polar surface area (TPSA) is 55.1 Å². The second-order valence-corrected chi connectivity index (χ2v) is 5.84. The molecule has 4 heteroatoms. The average Bonchev–Trinajstić information content (AvgIpc) is 2.33. The lowest BCUT2D eigenvalue weighted by molar-refractivity contribution is 0.102. The summed E-state index contributed by atoms with van der Waals surface area (Å²) in [6.07, 6.45) is 0. The van der Waals surface area contributed by atoms with Crippen LogP contribution in [0.3, 0.4) is 0 Å². The minimum atomic E-state index is -0.199. The summed E-state index contributed by atoms with van der Waals surface area (Å²) in [4.78, 5) is 12.3. The van der Waals surface area contributed by atoms with E-state index in [-0.39, 0.29) is 5.91 Å². The zero-order chi connectivity index (χ0) is 14.9. The molecule has 0 bridgehead atoms. The van der Waals surface area contributed by atoms with Crippen LogP contribution in [0.2, 0.25) is 0 Å². The molecule has 0 aliphatic carbocycles. The summed E-state index contributed by atoms with van der Waals surface area (Å²) in [7, 11) is 0. The summed E-state index contributed by atoms with van der Waals surface area (Å²) >= 11 is 3.48. The number of nitrogens with one attached hydrogen (secondary N) is 1. The van der Waals surface area contributed by atoms with E-state index in [1.807, 2.05) is 39.0 Å². The molecule has 0 aromatic heterocycles. The van der Waals surface area contributed by atoms with Gasteiger partial charge in [-0.25, -0.2) is 0 Å². The Hall–Kier alpha value is -1.81. The largest absolute Gasteiger partial charge is 0.398 e. The van der Waals surface area contributed by atoms with E-state index in [2.05, 4.69) is 21.2 Å². The molecule has 1 amide bonds. The van der Waals surface area contributed by atoms with Crippen LogP contribution in [-0.2, 0) is 0 Å². The lowest BCUT2D eigenvalue weighted by Gasteiger charge is -2.13. The van der Waals surface area contributed by atoms with Crippen LogP contribution in [0.15, 0.2) is 34.8 Å². The first-order chi connectivity index (χ1) is 9.38. The molecule has 104 valence electrons. The summed E-state index contributed by atoms with van der Waals surface area (Å²) < 4.78 is 0.869. The third-order valence-electron chi connectivity index (χ3n) is 3.12.